The highest BCUT2D eigenvalue weighted by Crippen LogP contribution is 2.33. The van der Waals surface area contributed by atoms with Gasteiger partial charge in [0.2, 0.25) is 0 Å². The molecule has 17 heavy (non-hydrogen) atoms. The molecule has 5 nitrogen and oxygen atoms in total. The Labute approximate surface area is 99.3 Å². The summed E-state index contributed by atoms with van der Waals surface area (Å²) >= 11 is 0. The Balaban J connectivity index is 1.82. The second-order valence-electron chi connectivity index (χ2n) is 4.55. The summed E-state index contributed by atoms with van der Waals surface area (Å²) in [6.07, 6.45) is 9.84. The van der Waals surface area contributed by atoms with Gasteiger partial charge in [-0.2, -0.15) is 5.10 Å². The zero-order valence-electron chi connectivity index (χ0n) is 9.91. The number of aromatic nitrogens is 4. The van der Waals surface area contributed by atoms with Crippen LogP contribution in [0, 0.1) is 0 Å². The first kappa shape index (κ1) is 10.4. The van der Waals surface area contributed by atoms with Crippen LogP contribution < -0.4 is 5.69 Å². The highest BCUT2D eigenvalue weighted by molar-refractivity contribution is 5.05. The van der Waals surface area contributed by atoms with Crippen molar-refractivity contribution in [1.29, 1.82) is 0 Å². The summed E-state index contributed by atoms with van der Waals surface area (Å²) in [5.74, 6) is 0. The monoisotopic (exact) mass is 232 g/mol. The van der Waals surface area contributed by atoms with Crippen molar-refractivity contribution in [2.45, 2.75) is 38.9 Å². The Morgan fingerprint density at radius 2 is 2.24 bits per heavy atom. The van der Waals surface area contributed by atoms with Crippen molar-refractivity contribution >= 4 is 0 Å². The first-order valence-electron chi connectivity index (χ1n) is 6.06. The maximum atomic E-state index is 12.0. The molecular weight excluding hydrogens is 216 g/mol. The molecule has 3 rings (SSSR count). The zero-order valence-corrected chi connectivity index (χ0v) is 9.91. The molecule has 0 bridgehead atoms. The molecule has 2 aromatic rings. The Kier molecular flexibility index (Phi) is 2.39. The lowest BCUT2D eigenvalue weighted by Crippen LogP contribution is -2.23. The third kappa shape index (κ3) is 1.92. The first-order chi connectivity index (χ1) is 8.28. The number of aryl methyl sites for hydroxylation is 1. The fourth-order valence-electron chi connectivity index (χ4n) is 2.04. The predicted octanol–water partition coefficient (Wildman–Crippen LogP) is 1.25. The number of hydrogen-bond donors (Lipinski definition) is 0. The van der Waals surface area contributed by atoms with Crippen LogP contribution in [-0.2, 0) is 13.1 Å². The van der Waals surface area contributed by atoms with Crippen molar-refractivity contribution in [3.8, 4) is 0 Å². The van der Waals surface area contributed by atoms with E-state index in [1.54, 1.807) is 4.57 Å². The van der Waals surface area contributed by atoms with Crippen LogP contribution in [-0.4, -0.2) is 18.9 Å². The van der Waals surface area contributed by atoms with Gasteiger partial charge in [-0.05, 0) is 19.8 Å². The van der Waals surface area contributed by atoms with Gasteiger partial charge in [0, 0.05) is 36.7 Å². The summed E-state index contributed by atoms with van der Waals surface area (Å²) in [5.41, 5.74) is 1.17. The van der Waals surface area contributed by atoms with Gasteiger partial charge in [0.15, 0.2) is 0 Å². The molecule has 1 fully saturated rings. The second-order valence-corrected chi connectivity index (χ2v) is 4.55. The van der Waals surface area contributed by atoms with Crippen LogP contribution >= 0.6 is 0 Å². The molecule has 2 aromatic heterocycles. The average Bonchev–Trinajstić information content (AvgIpc) is 2.97. The van der Waals surface area contributed by atoms with E-state index in [1.807, 2.05) is 41.0 Å². The predicted molar refractivity (Wildman–Crippen MR) is 64.0 cm³/mol. The molecule has 0 aliphatic heterocycles. The van der Waals surface area contributed by atoms with E-state index in [9.17, 15) is 4.79 Å². The second kappa shape index (κ2) is 3.91. The molecule has 0 spiro atoms. The van der Waals surface area contributed by atoms with E-state index in [4.69, 9.17) is 0 Å². The minimum absolute atomic E-state index is 0.0942. The van der Waals surface area contributed by atoms with Gasteiger partial charge >= 0.3 is 5.69 Å². The van der Waals surface area contributed by atoms with Crippen LogP contribution in [0.3, 0.4) is 0 Å². The number of rotatable bonds is 4. The molecule has 0 saturated heterocycles. The van der Waals surface area contributed by atoms with Crippen LogP contribution in [0.25, 0.3) is 0 Å². The van der Waals surface area contributed by atoms with Crippen molar-refractivity contribution in [1.82, 2.24) is 18.9 Å². The molecule has 0 amide bonds. The fourth-order valence-corrected chi connectivity index (χ4v) is 2.04. The summed E-state index contributed by atoms with van der Waals surface area (Å²) in [6.45, 7) is 3.52. The lowest BCUT2D eigenvalue weighted by atomic mass is 10.3. The van der Waals surface area contributed by atoms with Crippen molar-refractivity contribution in [2.75, 3.05) is 0 Å². The minimum atomic E-state index is 0.0942. The quantitative estimate of drug-likeness (QED) is 0.796. The van der Waals surface area contributed by atoms with Crippen molar-refractivity contribution in [3.63, 3.8) is 0 Å². The molecule has 0 aromatic carbocycles. The average molecular weight is 232 g/mol. The van der Waals surface area contributed by atoms with Crippen LogP contribution in [0.1, 0.15) is 31.4 Å². The normalized spacial score (nSPS) is 15.4. The van der Waals surface area contributed by atoms with E-state index < -0.39 is 0 Å². The molecule has 5 heteroatoms. The third-order valence-electron chi connectivity index (χ3n) is 3.18. The first-order valence-corrected chi connectivity index (χ1v) is 6.06. The number of hydrogen-bond acceptors (Lipinski definition) is 2. The highest BCUT2D eigenvalue weighted by atomic mass is 16.1. The third-order valence-corrected chi connectivity index (χ3v) is 3.18. The smallest absolute Gasteiger partial charge is 0.296 e. The molecule has 90 valence electrons. The van der Waals surface area contributed by atoms with Crippen LogP contribution in [0.2, 0.25) is 0 Å². The summed E-state index contributed by atoms with van der Waals surface area (Å²) in [6, 6.07) is 0.446. The molecule has 1 saturated carbocycles. The Hall–Kier alpha value is -1.78. The van der Waals surface area contributed by atoms with E-state index in [2.05, 4.69) is 5.10 Å². The molecule has 0 atom stereocenters. The van der Waals surface area contributed by atoms with Gasteiger partial charge in [0.1, 0.15) is 0 Å². The Bertz CT molecular complexity index is 573. The Morgan fingerprint density at radius 3 is 2.88 bits per heavy atom. The van der Waals surface area contributed by atoms with Gasteiger partial charge in [0.05, 0.1) is 12.7 Å². The van der Waals surface area contributed by atoms with E-state index in [0.29, 0.717) is 12.6 Å². The van der Waals surface area contributed by atoms with Gasteiger partial charge in [-0.15, -0.1) is 0 Å². The summed E-state index contributed by atoms with van der Waals surface area (Å²) in [4.78, 5) is 12.0. The van der Waals surface area contributed by atoms with Crippen LogP contribution in [0.5, 0.6) is 0 Å². The van der Waals surface area contributed by atoms with E-state index in [1.165, 1.54) is 0 Å². The highest BCUT2D eigenvalue weighted by Gasteiger charge is 2.25. The summed E-state index contributed by atoms with van der Waals surface area (Å²) in [5, 5.41) is 4.21. The maximum Gasteiger partial charge on any atom is 0.328 e. The molecular formula is C12H16N4O. The fraction of sp³-hybridized carbons (Fsp3) is 0.500. The standard InChI is InChI=1S/C12H16N4O/c1-2-15-9-10(7-13-15)8-14-5-6-16(12(14)17)11-3-4-11/h5-7,9,11H,2-4,8H2,1H3. The van der Waals surface area contributed by atoms with Crippen molar-refractivity contribution in [2.24, 2.45) is 0 Å². The van der Waals surface area contributed by atoms with Gasteiger partial charge in [-0.3, -0.25) is 13.8 Å². The van der Waals surface area contributed by atoms with Crippen LogP contribution in [0.4, 0.5) is 0 Å². The van der Waals surface area contributed by atoms with Crippen molar-refractivity contribution < 1.29 is 0 Å². The maximum absolute atomic E-state index is 12.0. The van der Waals surface area contributed by atoms with E-state index in [-0.39, 0.29) is 5.69 Å². The van der Waals surface area contributed by atoms with Gasteiger partial charge in [0.25, 0.3) is 0 Å². The summed E-state index contributed by atoms with van der Waals surface area (Å²) in [7, 11) is 0. The summed E-state index contributed by atoms with van der Waals surface area (Å²) < 4.78 is 5.46. The van der Waals surface area contributed by atoms with Gasteiger partial charge < -0.3 is 0 Å². The molecule has 2 heterocycles. The molecule has 1 aliphatic carbocycles. The molecule has 1 aliphatic rings. The SMILES string of the molecule is CCn1cc(Cn2ccn(C3CC3)c2=O)cn1. The molecule has 0 radical (unpaired) electrons. The number of imidazole rings is 1. The molecule has 0 unspecified atom stereocenters. The zero-order chi connectivity index (χ0) is 11.8. The van der Waals surface area contributed by atoms with Crippen molar-refractivity contribution in [3.05, 3.63) is 40.8 Å². The largest absolute Gasteiger partial charge is 0.328 e. The lowest BCUT2D eigenvalue weighted by molar-refractivity contribution is 0.649. The van der Waals surface area contributed by atoms with E-state index >= 15 is 0 Å². The number of nitrogens with zero attached hydrogens (tertiary/aromatic N) is 4. The lowest BCUT2D eigenvalue weighted by Gasteiger charge is -1.98. The molecule has 0 N–H and O–H groups in total. The minimum Gasteiger partial charge on any atom is -0.296 e. The van der Waals surface area contributed by atoms with Gasteiger partial charge in [-0.25, -0.2) is 4.79 Å². The van der Waals surface area contributed by atoms with Crippen LogP contribution in [0.15, 0.2) is 29.6 Å². The van der Waals surface area contributed by atoms with Gasteiger partial charge in [-0.1, -0.05) is 0 Å². The van der Waals surface area contributed by atoms with E-state index in [0.717, 1.165) is 24.9 Å². The topological polar surface area (TPSA) is 44.8 Å². The Morgan fingerprint density at radius 1 is 1.41 bits per heavy atom.